The Morgan fingerprint density at radius 2 is 1.75 bits per heavy atom. The number of halogens is 1. The fourth-order valence-electron chi connectivity index (χ4n) is 3.49. The summed E-state index contributed by atoms with van der Waals surface area (Å²) in [6.45, 7) is 4.07. The van der Waals surface area contributed by atoms with Gasteiger partial charge in [0.05, 0.1) is 17.4 Å². The number of aromatic hydroxyl groups is 2. The van der Waals surface area contributed by atoms with E-state index in [1.807, 2.05) is 44.2 Å². The highest BCUT2D eigenvalue weighted by Gasteiger charge is 2.16. The van der Waals surface area contributed by atoms with Crippen molar-refractivity contribution in [3.8, 4) is 22.6 Å². The van der Waals surface area contributed by atoms with E-state index < -0.39 is 0 Å². The summed E-state index contributed by atoms with van der Waals surface area (Å²) in [7, 11) is 0. The number of carbonyl (C=O) groups excluding carboxylic acids is 1. The van der Waals surface area contributed by atoms with Gasteiger partial charge in [0.2, 0.25) is 5.91 Å². The average molecular weight is 445 g/mol. The van der Waals surface area contributed by atoms with Crippen molar-refractivity contribution in [2.45, 2.75) is 13.8 Å². The molecule has 0 saturated heterocycles. The molecule has 0 aliphatic heterocycles. The van der Waals surface area contributed by atoms with Crippen molar-refractivity contribution in [2.75, 3.05) is 5.32 Å². The maximum absolute atomic E-state index is 12.7. The number of hydrogen-bond acceptors (Lipinski definition) is 4. The molecule has 4 aromatic rings. The van der Waals surface area contributed by atoms with Crippen molar-refractivity contribution in [3.63, 3.8) is 0 Å². The van der Waals surface area contributed by atoms with Crippen LogP contribution in [0.3, 0.4) is 0 Å². The molecule has 1 heterocycles. The number of aryl methyl sites for hydroxylation is 2. The van der Waals surface area contributed by atoms with E-state index in [2.05, 4.69) is 16.4 Å². The molecular formula is C26H21ClN2O3. The predicted molar refractivity (Wildman–Crippen MR) is 129 cm³/mol. The first-order valence-electron chi connectivity index (χ1n) is 9.99. The molecule has 0 radical (unpaired) electrons. The summed E-state index contributed by atoms with van der Waals surface area (Å²) < 4.78 is 0. The van der Waals surface area contributed by atoms with Gasteiger partial charge in [0.25, 0.3) is 0 Å². The van der Waals surface area contributed by atoms with Crippen molar-refractivity contribution >= 4 is 40.2 Å². The Morgan fingerprint density at radius 3 is 2.50 bits per heavy atom. The molecule has 1 aromatic heterocycles. The maximum Gasteiger partial charge on any atom is 0.248 e. The van der Waals surface area contributed by atoms with Crippen LogP contribution >= 0.6 is 11.6 Å². The van der Waals surface area contributed by atoms with Gasteiger partial charge in [0, 0.05) is 27.6 Å². The van der Waals surface area contributed by atoms with Gasteiger partial charge >= 0.3 is 0 Å². The molecule has 5 nitrogen and oxygen atoms in total. The fourth-order valence-corrected chi connectivity index (χ4v) is 3.72. The van der Waals surface area contributed by atoms with E-state index in [4.69, 9.17) is 11.6 Å². The van der Waals surface area contributed by atoms with Crippen LogP contribution in [0.5, 0.6) is 11.5 Å². The first kappa shape index (κ1) is 21.4. The minimum Gasteiger partial charge on any atom is -0.504 e. The molecule has 1 amide bonds. The molecule has 0 unspecified atom stereocenters. The number of benzene rings is 3. The van der Waals surface area contributed by atoms with E-state index in [0.29, 0.717) is 16.3 Å². The smallest absolute Gasteiger partial charge is 0.248 e. The first-order valence-corrected chi connectivity index (χ1v) is 10.4. The minimum absolute atomic E-state index is 0.219. The second-order valence-corrected chi connectivity index (χ2v) is 7.96. The summed E-state index contributed by atoms with van der Waals surface area (Å²) in [4.78, 5) is 17.2. The number of anilines is 1. The van der Waals surface area contributed by atoms with Crippen LogP contribution in [0, 0.1) is 13.8 Å². The van der Waals surface area contributed by atoms with Crippen molar-refractivity contribution in [1.82, 2.24) is 4.98 Å². The Kier molecular flexibility index (Phi) is 5.84. The van der Waals surface area contributed by atoms with Crippen LogP contribution in [-0.4, -0.2) is 21.1 Å². The van der Waals surface area contributed by atoms with E-state index in [1.165, 1.54) is 18.2 Å². The highest BCUT2D eigenvalue weighted by Crippen LogP contribution is 2.39. The molecule has 6 heteroatoms. The summed E-state index contributed by atoms with van der Waals surface area (Å²) in [5, 5.41) is 23.4. The van der Waals surface area contributed by atoms with Crippen LogP contribution < -0.4 is 5.32 Å². The Morgan fingerprint density at radius 1 is 1.00 bits per heavy atom. The molecule has 160 valence electrons. The van der Waals surface area contributed by atoms with Crippen LogP contribution in [-0.2, 0) is 4.79 Å². The van der Waals surface area contributed by atoms with Crippen molar-refractivity contribution < 1.29 is 15.0 Å². The number of nitrogens with one attached hydrogen (secondary N) is 1. The third-order valence-corrected chi connectivity index (χ3v) is 5.64. The molecule has 3 aromatic carbocycles. The fraction of sp³-hybridized carbons (Fsp3) is 0.0769. The quantitative estimate of drug-likeness (QED) is 0.257. The van der Waals surface area contributed by atoms with Gasteiger partial charge in [0.15, 0.2) is 11.5 Å². The third-order valence-electron chi connectivity index (χ3n) is 5.31. The molecule has 3 N–H and O–H groups in total. The SMILES string of the molecule is Cc1cc2ncc(NC(=O)/C=C/c3ccc(O)c(O)c3)c(-c3ccccc3Cl)c2cc1C. The highest BCUT2D eigenvalue weighted by atomic mass is 35.5. The van der Waals surface area contributed by atoms with E-state index in [9.17, 15) is 15.0 Å². The summed E-state index contributed by atoms with van der Waals surface area (Å²) in [5.74, 6) is -0.836. The maximum atomic E-state index is 12.7. The number of pyridine rings is 1. The highest BCUT2D eigenvalue weighted by molar-refractivity contribution is 6.34. The normalized spacial score (nSPS) is 11.2. The van der Waals surface area contributed by atoms with Crippen molar-refractivity contribution in [2.24, 2.45) is 0 Å². The molecule has 0 spiro atoms. The van der Waals surface area contributed by atoms with Gasteiger partial charge in [-0.2, -0.15) is 0 Å². The Balaban J connectivity index is 1.76. The van der Waals surface area contributed by atoms with Crippen LogP contribution in [0.1, 0.15) is 16.7 Å². The molecular weight excluding hydrogens is 424 g/mol. The van der Waals surface area contributed by atoms with Crippen LogP contribution in [0.25, 0.3) is 28.1 Å². The van der Waals surface area contributed by atoms with E-state index in [1.54, 1.807) is 18.3 Å². The van der Waals surface area contributed by atoms with E-state index in [-0.39, 0.29) is 17.4 Å². The number of aromatic nitrogens is 1. The molecule has 0 saturated carbocycles. The van der Waals surface area contributed by atoms with Crippen molar-refractivity contribution in [1.29, 1.82) is 0 Å². The molecule has 0 atom stereocenters. The summed E-state index contributed by atoms with van der Waals surface area (Å²) in [5.41, 5.74) is 5.77. The standard InChI is InChI=1S/C26H21ClN2O3/c1-15-11-19-21(12-16(15)2)28-14-22(26(19)18-5-3-4-6-20(18)27)29-25(32)10-8-17-7-9-23(30)24(31)13-17/h3-14,30-31H,1-2H3,(H,29,32)/b10-8+. The Labute approximate surface area is 190 Å². The number of nitrogens with zero attached hydrogens (tertiary/aromatic N) is 1. The molecule has 0 aliphatic carbocycles. The lowest BCUT2D eigenvalue weighted by molar-refractivity contribution is -0.111. The third kappa shape index (κ3) is 4.29. The van der Waals surface area contributed by atoms with Crippen LogP contribution in [0.4, 0.5) is 5.69 Å². The van der Waals surface area contributed by atoms with Gasteiger partial charge in [-0.1, -0.05) is 35.9 Å². The molecule has 4 rings (SSSR count). The van der Waals surface area contributed by atoms with Crippen molar-refractivity contribution in [3.05, 3.63) is 88.6 Å². The topological polar surface area (TPSA) is 82.5 Å². The van der Waals surface area contributed by atoms with Gasteiger partial charge < -0.3 is 15.5 Å². The number of rotatable bonds is 4. The zero-order valence-corrected chi connectivity index (χ0v) is 18.3. The lowest BCUT2D eigenvalue weighted by Gasteiger charge is -2.15. The van der Waals surface area contributed by atoms with Gasteiger partial charge in [-0.25, -0.2) is 0 Å². The monoisotopic (exact) mass is 444 g/mol. The molecule has 32 heavy (non-hydrogen) atoms. The second-order valence-electron chi connectivity index (χ2n) is 7.55. The van der Waals surface area contributed by atoms with Crippen LogP contribution in [0.15, 0.2) is 66.9 Å². The zero-order chi connectivity index (χ0) is 22.8. The molecule has 0 fully saturated rings. The Bertz CT molecular complexity index is 1380. The number of carbonyl (C=O) groups is 1. The number of phenolic OH excluding ortho intramolecular Hbond substituents is 2. The summed E-state index contributed by atoms with van der Waals surface area (Å²) in [6.07, 6.45) is 4.53. The van der Waals surface area contributed by atoms with Gasteiger partial charge in [-0.05, 0) is 66.9 Å². The lowest BCUT2D eigenvalue weighted by atomic mass is 9.96. The number of fused-ring (bicyclic) bond motifs is 1. The number of amides is 1. The zero-order valence-electron chi connectivity index (χ0n) is 17.6. The molecule has 0 bridgehead atoms. The lowest BCUT2D eigenvalue weighted by Crippen LogP contribution is -2.09. The predicted octanol–water partition coefficient (Wildman–Crippen LogP) is 6.24. The molecule has 0 aliphatic rings. The number of phenols is 2. The summed E-state index contributed by atoms with van der Waals surface area (Å²) in [6, 6.07) is 15.9. The summed E-state index contributed by atoms with van der Waals surface area (Å²) >= 11 is 6.52. The second kappa shape index (κ2) is 8.73. The van der Waals surface area contributed by atoms with E-state index >= 15 is 0 Å². The van der Waals surface area contributed by atoms with E-state index in [0.717, 1.165) is 33.2 Å². The van der Waals surface area contributed by atoms with Gasteiger partial charge in [-0.15, -0.1) is 0 Å². The largest absolute Gasteiger partial charge is 0.504 e. The van der Waals surface area contributed by atoms with Crippen LogP contribution in [0.2, 0.25) is 5.02 Å². The minimum atomic E-state index is -0.365. The average Bonchev–Trinajstić information content (AvgIpc) is 2.76. The Hall–Kier alpha value is -3.83. The first-order chi connectivity index (χ1) is 15.3. The van der Waals surface area contributed by atoms with Gasteiger partial charge in [-0.3, -0.25) is 9.78 Å². The number of hydrogen-bond donors (Lipinski definition) is 3. The van der Waals surface area contributed by atoms with Gasteiger partial charge in [0.1, 0.15) is 0 Å².